The molecule has 0 bridgehead atoms. The molecule has 2 rings (SSSR count). The van der Waals surface area contributed by atoms with E-state index in [2.05, 4.69) is 5.32 Å². The molecule has 2 nitrogen and oxygen atoms in total. The molecule has 0 aromatic heterocycles. The van der Waals surface area contributed by atoms with Crippen LogP contribution >= 0.6 is 0 Å². The van der Waals surface area contributed by atoms with Crippen LogP contribution in [0.5, 0.6) is 0 Å². The number of halogens is 2. The van der Waals surface area contributed by atoms with Crippen molar-refractivity contribution >= 4 is 5.91 Å². The van der Waals surface area contributed by atoms with E-state index in [0.29, 0.717) is 12.8 Å². The highest BCUT2D eigenvalue weighted by Gasteiger charge is 2.14. The first-order valence-corrected chi connectivity index (χ1v) is 6.84. The average Bonchev–Trinajstić information content (AvgIpc) is 2.46. The molecule has 4 heteroatoms. The summed E-state index contributed by atoms with van der Waals surface area (Å²) in [6, 6.07) is 12.5. The second-order valence-electron chi connectivity index (χ2n) is 4.94. The predicted molar refractivity (Wildman–Crippen MR) is 77.7 cm³/mol. The van der Waals surface area contributed by atoms with Gasteiger partial charge in [0.05, 0.1) is 6.04 Å². The predicted octanol–water partition coefficient (Wildman–Crippen LogP) is 3.77. The fourth-order valence-corrected chi connectivity index (χ4v) is 2.15. The summed E-state index contributed by atoms with van der Waals surface area (Å²) in [4.78, 5) is 11.9. The van der Waals surface area contributed by atoms with Crippen LogP contribution in [0.1, 0.15) is 30.5 Å². The zero-order valence-electron chi connectivity index (χ0n) is 11.8. The van der Waals surface area contributed by atoms with Crippen molar-refractivity contribution in [1.29, 1.82) is 0 Å². The Balaban J connectivity index is 1.90. The summed E-state index contributed by atoms with van der Waals surface area (Å²) in [7, 11) is 0. The quantitative estimate of drug-likeness (QED) is 0.892. The minimum atomic E-state index is -0.647. The molecule has 0 saturated heterocycles. The maximum absolute atomic E-state index is 13.6. The number of hydrogen-bond donors (Lipinski definition) is 1. The van der Waals surface area contributed by atoms with Gasteiger partial charge in [0, 0.05) is 18.1 Å². The summed E-state index contributed by atoms with van der Waals surface area (Å²) in [6.45, 7) is 1.68. The fourth-order valence-electron chi connectivity index (χ4n) is 2.15. The lowest BCUT2D eigenvalue weighted by Gasteiger charge is -2.15. The van der Waals surface area contributed by atoms with Crippen molar-refractivity contribution < 1.29 is 13.6 Å². The molecule has 1 N–H and O–H groups in total. The Hall–Kier alpha value is -2.23. The maximum Gasteiger partial charge on any atom is 0.220 e. The van der Waals surface area contributed by atoms with Crippen LogP contribution in [0, 0.1) is 11.6 Å². The number of rotatable bonds is 5. The summed E-state index contributed by atoms with van der Waals surface area (Å²) in [6.07, 6.45) is 0.961. The molecule has 2 aromatic carbocycles. The van der Waals surface area contributed by atoms with E-state index in [9.17, 15) is 13.6 Å². The molecule has 21 heavy (non-hydrogen) atoms. The van der Waals surface area contributed by atoms with Gasteiger partial charge in [0.1, 0.15) is 11.6 Å². The maximum atomic E-state index is 13.6. The smallest absolute Gasteiger partial charge is 0.220 e. The minimum absolute atomic E-state index is 0.157. The third-order valence-corrected chi connectivity index (χ3v) is 3.29. The van der Waals surface area contributed by atoms with E-state index < -0.39 is 17.7 Å². The van der Waals surface area contributed by atoms with Crippen molar-refractivity contribution in [1.82, 2.24) is 5.32 Å². The van der Waals surface area contributed by atoms with Gasteiger partial charge >= 0.3 is 0 Å². The molecule has 0 aliphatic carbocycles. The van der Waals surface area contributed by atoms with Crippen LogP contribution in [0.15, 0.2) is 48.5 Å². The second-order valence-corrected chi connectivity index (χ2v) is 4.94. The molecular formula is C17H17F2NO. The van der Waals surface area contributed by atoms with Gasteiger partial charge in [-0.15, -0.1) is 0 Å². The number of hydrogen-bond acceptors (Lipinski definition) is 1. The normalized spacial score (nSPS) is 12.0. The molecule has 2 aromatic rings. The monoisotopic (exact) mass is 289 g/mol. The van der Waals surface area contributed by atoms with E-state index >= 15 is 0 Å². The molecule has 110 valence electrons. The van der Waals surface area contributed by atoms with Crippen LogP contribution in [-0.4, -0.2) is 5.91 Å². The number of carbonyl (C=O) groups excluding carboxylic acids is 1. The zero-order valence-corrected chi connectivity index (χ0v) is 11.8. The third-order valence-electron chi connectivity index (χ3n) is 3.29. The number of benzene rings is 2. The molecule has 0 aliphatic heterocycles. The highest BCUT2D eigenvalue weighted by atomic mass is 19.1. The van der Waals surface area contributed by atoms with Gasteiger partial charge in [-0.2, -0.15) is 0 Å². The van der Waals surface area contributed by atoms with Crippen LogP contribution in [0.2, 0.25) is 0 Å². The van der Waals surface area contributed by atoms with Crippen LogP contribution in [-0.2, 0) is 11.2 Å². The van der Waals surface area contributed by atoms with Gasteiger partial charge in [0.25, 0.3) is 0 Å². The number of nitrogens with one attached hydrogen (secondary N) is 1. The Morgan fingerprint density at radius 3 is 2.52 bits per heavy atom. The molecule has 0 spiro atoms. The van der Waals surface area contributed by atoms with Gasteiger partial charge in [-0.1, -0.05) is 36.4 Å². The Bertz CT molecular complexity index is 613. The Morgan fingerprint density at radius 2 is 1.86 bits per heavy atom. The molecular weight excluding hydrogens is 272 g/mol. The summed E-state index contributed by atoms with van der Waals surface area (Å²) >= 11 is 0. The van der Waals surface area contributed by atoms with Crippen LogP contribution in [0.4, 0.5) is 8.78 Å². The minimum Gasteiger partial charge on any atom is -0.349 e. The Labute approximate surface area is 122 Å². The molecule has 1 atom stereocenters. The molecule has 0 saturated carbocycles. The lowest BCUT2D eigenvalue weighted by molar-refractivity contribution is -0.121. The lowest BCUT2D eigenvalue weighted by atomic mass is 10.1. The van der Waals surface area contributed by atoms with Crippen LogP contribution in [0.25, 0.3) is 0 Å². The SMILES string of the molecule is C[C@H](NC(=O)CCc1ccccc1)c1ccc(F)cc1F. The van der Waals surface area contributed by atoms with Crippen LogP contribution in [0.3, 0.4) is 0 Å². The molecule has 1 amide bonds. The van der Waals surface area contributed by atoms with Gasteiger partial charge in [0.15, 0.2) is 0 Å². The van der Waals surface area contributed by atoms with E-state index in [0.717, 1.165) is 11.6 Å². The first-order chi connectivity index (χ1) is 10.1. The van der Waals surface area contributed by atoms with E-state index in [1.807, 2.05) is 30.3 Å². The van der Waals surface area contributed by atoms with Gasteiger partial charge in [0.2, 0.25) is 5.91 Å². The topological polar surface area (TPSA) is 29.1 Å². The largest absolute Gasteiger partial charge is 0.349 e. The van der Waals surface area contributed by atoms with Crippen molar-refractivity contribution in [3.8, 4) is 0 Å². The number of carbonyl (C=O) groups is 1. The molecule has 0 radical (unpaired) electrons. The Kier molecular flexibility index (Phi) is 5.04. The Morgan fingerprint density at radius 1 is 1.14 bits per heavy atom. The third kappa shape index (κ3) is 4.38. The van der Waals surface area contributed by atoms with Gasteiger partial charge in [-0.25, -0.2) is 8.78 Å². The van der Waals surface area contributed by atoms with Crippen LogP contribution < -0.4 is 5.32 Å². The van der Waals surface area contributed by atoms with Crippen molar-refractivity contribution in [2.75, 3.05) is 0 Å². The van der Waals surface area contributed by atoms with E-state index in [4.69, 9.17) is 0 Å². The summed E-state index contributed by atoms with van der Waals surface area (Å²) in [5.74, 6) is -1.43. The molecule has 0 heterocycles. The summed E-state index contributed by atoms with van der Waals surface area (Å²) in [5.41, 5.74) is 1.36. The van der Waals surface area contributed by atoms with Gasteiger partial charge < -0.3 is 5.32 Å². The number of amides is 1. The first kappa shape index (κ1) is 15.2. The van der Waals surface area contributed by atoms with E-state index in [-0.39, 0.29) is 11.5 Å². The standard InChI is InChI=1S/C17H17F2NO/c1-12(15-9-8-14(18)11-16(15)19)20-17(21)10-7-13-5-3-2-4-6-13/h2-6,8-9,11-12H,7,10H2,1H3,(H,20,21)/t12-/m0/s1. The lowest BCUT2D eigenvalue weighted by Crippen LogP contribution is -2.27. The van der Waals surface area contributed by atoms with Crippen molar-refractivity contribution in [2.45, 2.75) is 25.8 Å². The summed E-state index contributed by atoms with van der Waals surface area (Å²) in [5, 5.41) is 2.73. The highest BCUT2D eigenvalue weighted by Crippen LogP contribution is 2.17. The van der Waals surface area contributed by atoms with Crippen molar-refractivity contribution in [3.05, 3.63) is 71.3 Å². The first-order valence-electron chi connectivity index (χ1n) is 6.84. The van der Waals surface area contributed by atoms with Gasteiger partial charge in [-0.3, -0.25) is 4.79 Å². The molecule has 0 aliphatic rings. The second kappa shape index (κ2) is 6.97. The average molecular weight is 289 g/mol. The van der Waals surface area contributed by atoms with Gasteiger partial charge in [-0.05, 0) is 25.0 Å². The van der Waals surface area contributed by atoms with E-state index in [1.165, 1.54) is 12.1 Å². The molecule has 0 fully saturated rings. The van der Waals surface area contributed by atoms with E-state index in [1.54, 1.807) is 6.92 Å². The van der Waals surface area contributed by atoms with Crippen molar-refractivity contribution in [2.24, 2.45) is 0 Å². The highest BCUT2D eigenvalue weighted by molar-refractivity contribution is 5.76. The number of aryl methyl sites for hydroxylation is 1. The van der Waals surface area contributed by atoms with Crippen molar-refractivity contribution in [3.63, 3.8) is 0 Å². The molecule has 0 unspecified atom stereocenters. The zero-order chi connectivity index (χ0) is 15.2. The fraction of sp³-hybridized carbons (Fsp3) is 0.235. The summed E-state index contributed by atoms with van der Waals surface area (Å²) < 4.78 is 26.5.